The van der Waals surface area contributed by atoms with Gasteiger partial charge in [-0.05, 0) is 37.5 Å². The molecule has 5 nitrogen and oxygen atoms in total. The summed E-state index contributed by atoms with van der Waals surface area (Å²) in [4.78, 5) is 18.3. The second-order valence-corrected chi connectivity index (χ2v) is 6.18. The van der Waals surface area contributed by atoms with Crippen molar-refractivity contribution in [2.75, 3.05) is 32.5 Å². The van der Waals surface area contributed by atoms with E-state index in [1.54, 1.807) is 7.05 Å². The highest BCUT2D eigenvalue weighted by Crippen LogP contribution is 2.20. The van der Waals surface area contributed by atoms with Crippen LogP contribution in [0.2, 0.25) is 0 Å². The Balaban J connectivity index is 2.50. The molecule has 2 N–H and O–H groups in total. The van der Waals surface area contributed by atoms with Crippen molar-refractivity contribution in [3.63, 3.8) is 0 Å². The largest absolute Gasteiger partial charge is 0.347 e. The van der Waals surface area contributed by atoms with Gasteiger partial charge in [0.2, 0.25) is 5.91 Å². The zero-order valence-corrected chi connectivity index (χ0v) is 15.6. The number of hydrogen-bond acceptors (Lipinski definition) is 2. The highest BCUT2D eigenvalue weighted by Gasteiger charge is 2.09. The number of amides is 1. The number of nitrogens with zero attached hydrogens (tertiary/aromatic N) is 2. The van der Waals surface area contributed by atoms with Gasteiger partial charge in [0.15, 0.2) is 5.96 Å². The molecule has 0 saturated carbocycles. The van der Waals surface area contributed by atoms with Crippen molar-refractivity contribution in [3.8, 4) is 0 Å². The van der Waals surface area contributed by atoms with Crippen molar-refractivity contribution < 1.29 is 4.79 Å². The van der Waals surface area contributed by atoms with E-state index < -0.39 is 0 Å². The van der Waals surface area contributed by atoms with Gasteiger partial charge in [-0.25, -0.2) is 0 Å². The minimum atomic E-state index is -0.105. The van der Waals surface area contributed by atoms with Crippen LogP contribution in [0.5, 0.6) is 0 Å². The first-order valence-corrected chi connectivity index (χ1v) is 8.36. The van der Waals surface area contributed by atoms with Crippen LogP contribution < -0.4 is 10.6 Å². The third kappa shape index (κ3) is 6.86. The zero-order chi connectivity index (χ0) is 17.2. The number of carbonyl (C=O) groups is 1. The van der Waals surface area contributed by atoms with Gasteiger partial charge in [0.05, 0.1) is 6.54 Å². The van der Waals surface area contributed by atoms with Crippen LogP contribution in [0.25, 0.3) is 0 Å². The maximum atomic E-state index is 12.1. The van der Waals surface area contributed by atoms with E-state index in [-0.39, 0.29) is 12.5 Å². The molecule has 1 aromatic carbocycles. The van der Waals surface area contributed by atoms with Gasteiger partial charge in [0.1, 0.15) is 0 Å². The molecule has 23 heavy (non-hydrogen) atoms. The van der Waals surface area contributed by atoms with Gasteiger partial charge in [-0.3, -0.25) is 9.79 Å². The number of halogens is 1. The van der Waals surface area contributed by atoms with Crippen molar-refractivity contribution in [3.05, 3.63) is 40.9 Å². The van der Waals surface area contributed by atoms with E-state index in [0.29, 0.717) is 5.96 Å². The van der Waals surface area contributed by atoms with Crippen LogP contribution in [0, 0.1) is 6.92 Å². The number of allylic oxidation sites excluding steroid dienone is 1. The second kappa shape index (κ2) is 10.0. The Bertz CT molecular complexity index is 572. The molecule has 0 spiro atoms. The molecule has 0 unspecified atom stereocenters. The Hall–Kier alpha value is -1.82. The lowest BCUT2D eigenvalue weighted by atomic mass is 10.2. The highest BCUT2D eigenvalue weighted by atomic mass is 79.9. The molecule has 1 aromatic rings. The summed E-state index contributed by atoms with van der Waals surface area (Å²) in [6.45, 7) is 6.70. The van der Waals surface area contributed by atoms with E-state index in [0.717, 1.165) is 35.1 Å². The number of carbonyl (C=O) groups excluding carboxylic acids is 1. The molecule has 1 rings (SSSR count). The molecule has 0 aliphatic heterocycles. The fourth-order valence-electron chi connectivity index (χ4n) is 2.05. The predicted molar refractivity (Wildman–Crippen MR) is 101 cm³/mol. The summed E-state index contributed by atoms with van der Waals surface area (Å²) in [5, 5.41) is 5.98. The van der Waals surface area contributed by atoms with Crippen molar-refractivity contribution in [1.29, 1.82) is 0 Å². The van der Waals surface area contributed by atoms with E-state index in [9.17, 15) is 4.79 Å². The molecule has 0 bridgehead atoms. The van der Waals surface area contributed by atoms with Crippen LogP contribution in [0.3, 0.4) is 0 Å². The molecule has 0 heterocycles. The number of unbranched alkanes of at least 4 members (excludes halogenated alkanes) is 1. The van der Waals surface area contributed by atoms with Gasteiger partial charge in [-0.15, -0.1) is 6.58 Å². The van der Waals surface area contributed by atoms with Crippen molar-refractivity contribution in [1.82, 2.24) is 10.2 Å². The van der Waals surface area contributed by atoms with Crippen molar-refractivity contribution in [2.45, 2.75) is 19.8 Å². The number of hydrogen-bond donors (Lipinski definition) is 2. The second-order valence-electron chi connectivity index (χ2n) is 5.26. The van der Waals surface area contributed by atoms with E-state index in [1.807, 2.05) is 43.1 Å². The Morgan fingerprint density at radius 1 is 1.48 bits per heavy atom. The lowest BCUT2D eigenvalue weighted by Crippen LogP contribution is -2.42. The molecule has 0 aromatic heterocycles. The standard InChI is InChI=1S/C17H25BrN4O/c1-5-6-7-10-22(4)17(19-3)20-12-16(23)21-15-11-14(18)9-8-13(15)2/h5,8-9,11H,1,6-7,10,12H2,2-4H3,(H,19,20)(H,21,23). The number of benzene rings is 1. The first kappa shape index (κ1) is 19.2. The van der Waals surface area contributed by atoms with Crippen molar-refractivity contribution in [2.24, 2.45) is 4.99 Å². The third-order valence-corrected chi connectivity index (χ3v) is 3.85. The van der Waals surface area contributed by atoms with E-state index in [1.165, 1.54) is 0 Å². The average Bonchev–Trinajstić information content (AvgIpc) is 2.52. The molecule has 0 aliphatic rings. The monoisotopic (exact) mass is 380 g/mol. The number of anilines is 1. The van der Waals surface area contributed by atoms with Crippen LogP contribution >= 0.6 is 15.9 Å². The Labute approximate surface area is 147 Å². The lowest BCUT2D eigenvalue weighted by molar-refractivity contribution is -0.115. The predicted octanol–water partition coefficient (Wildman–Crippen LogP) is 3.17. The summed E-state index contributed by atoms with van der Waals surface area (Å²) >= 11 is 3.41. The van der Waals surface area contributed by atoms with E-state index >= 15 is 0 Å². The number of nitrogens with one attached hydrogen (secondary N) is 2. The molecule has 0 radical (unpaired) electrons. The van der Waals surface area contributed by atoms with Crippen LogP contribution in [-0.2, 0) is 4.79 Å². The summed E-state index contributed by atoms with van der Waals surface area (Å²) in [7, 11) is 3.66. The average molecular weight is 381 g/mol. The summed E-state index contributed by atoms with van der Waals surface area (Å²) in [6, 6.07) is 5.80. The van der Waals surface area contributed by atoms with E-state index in [4.69, 9.17) is 0 Å². The highest BCUT2D eigenvalue weighted by molar-refractivity contribution is 9.10. The maximum Gasteiger partial charge on any atom is 0.243 e. The Kier molecular flexibility index (Phi) is 8.40. The summed E-state index contributed by atoms with van der Waals surface area (Å²) in [5.74, 6) is 0.599. The fourth-order valence-corrected chi connectivity index (χ4v) is 2.41. The lowest BCUT2D eigenvalue weighted by Gasteiger charge is -2.21. The molecule has 1 amide bonds. The van der Waals surface area contributed by atoms with Gasteiger partial charge in [0.25, 0.3) is 0 Å². The SMILES string of the molecule is C=CCCCN(C)C(=NC)NCC(=O)Nc1cc(Br)ccc1C. The van der Waals surface area contributed by atoms with Gasteiger partial charge in [-0.2, -0.15) is 0 Å². The smallest absolute Gasteiger partial charge is 0.243 e. The number of rotatable bonds is 7. The van der Waals surface area contributed by atoms with Crippen LogP contribution in [0.1, 0.15) is 18.4 Å². The number of guanidine groups is 1. The van der Waals surface area contributed by atoms with Crippen LogP contribution in [0.4, 0.5) is 5.69 Å². The summed E-state index contributed by atoms with van der Waals surface area (Å²) in [5.41, 5.74) is 1.83. The molecule has 0 aliphatic carbocycles. The first-order valence-electron chi connectivity index (χ1n) is 7.56. The number of aryl methyl sites for hydroxylation is 1. The van der Waals surface area contributed by atoms with Crippen molar-refractivity contribution >= 4 is 33.5 Å². The topological polar surface area (TPSA) is 56.7 Å². The normalized spacial score (nSPS) is 11.0. The Morgan fingerprint density at radius 2 is 2.22 bits per heavy atom. The molecule has 0 fully saturated rings. The molecular weight excluding hydrogens is 356 g/mol. The van der Waals surface area contributed by atoms with Gasteiger partial charge in [-0.1, -0.05) is 28.1 Å². The maximum absolute atomic E-state index is 12.1. The molecule has 0 saturated heterocycles. The minimum Gasteiger partial charge on any atom is -0.347 e. The molecule has 6 heteroatoms. The van der Waals surface area contributed by atoms with E-state index in [2.05, 4.69) is 38.1 Å². The Morgan fingerprint density at radius 3 is 2.87 bits per heavy atom. The van der Waals surface area contributed by atoms with Crippen LogP contribution in [0.15, 0.2) is 40.3 Å². The quantitative estimate of drug-likeness (QED) is 0.330. The zero-order valence-electron chi connectivity index (χ0n) is 14.0. The minimum absolute atomic E-state index is 0.105. The first-order chi connectivity index (χ1) is 11.0. The number of aliphatic imine (C=N–C) groups is 1. The van der Waals surface area contributed by atoms with Gasteiger partial charge in [0, 0.05) is 30.8 Å². The summed E-state index contributed by atoms with van der Waals surface area (Å²) in [6.07, 6.45) is 3.87. The van der Waals surface area contributed by atoms with Gasteiger partial charge >= 0.3 is 0 Å². The van der Waals surface area contributed by atoms with Gasteiger partial charge < -0.3 is 15.5 Å². The summed E-state index contributed by atoms with van der Waals surface area (Å²) < 4.78 is 0.934. The molecular formula is C17H25BrN4O. The third-order valence-electron chi connectivity index (χ3n) is 3.36. The molecule has 0 atom stereocenters. The molecule has 126 valence electrons. The van der Waals surface area contributed by atoms with Crippen LogP contribution in [-0.4, -0.2) is 44.0 Å². The fraction of sp³-hybridized carbons (Fsp3) is 0.412.